The summed E-state index contributed by atoms with van der Waals surface area (Å²) in [6.07, 6.45) is 3.18. The van der Waals surface area contributed by atoms with Gasteiger partial charge in [0.15, 0.2) is 5.78 Å². The second-order valence-corrected chi connectivity index (χ2v) is 5.64. The molecule has 4 rings (SSSR count). The van der Waals surface area contributed by atoms with Crippen LogP contribution < -0.4 is 0 Å². The lowest BCUT2D eigenvalue weighted by Crippen LogP contribution is -2.04. The van der Waals surface area contributed by atoms with Gasteiger partial charge >= 0.3 is 0 Å². The predicted octanol–water partition coefficient (Wildman–Crippen LogP) is 4.31. The van der Waals surface area contributed by atoms with Gasteiger partial charge in [0, 0.05) is 17.8 Å². The van der Waals surface area contributed by atoms with Crippen LogP contribution in [0.2, 0.25) is 0 Å². The molecule has 0 fully saturated rings. The fourth-order valence-electron chi connectivity index (χ4n) is 2.93. The van der Waals surface area contributed by atoms with E-state index in [1.807, 2.05) is 36.4 Å². The number of aromatic amines is 1. The van der Waals surface area contributed by atoms with Gasteiger partial charge in [-0.15, -0.1) is 0 Å². The second-order valence-electron chi connectivity index (χ2n) is 5.64. The van der Waals surface area contributed by atoms with Crippen molar-refractivity contribution in [3.8, 4) is 16.9 Å². The number of ketones is 1. The minimum Gasteiger partial charge on any atom is -0.508 e. The van der Waals surface area contributed by atoms with Crippen LogP contribution in [0.4, 0.5) is 4.39 Å². The number of aromatic nitrogens is 2. The summed E-state index contributed by atoms with van der Waals surface area (Å²) in [4.78, 5) is 20.1. The number of H-pyrrole nitrogens is 1. The summed E-state index contributed by atoms with van der Waals surface area (Å²) in [5, 5.41) is 10.2. The molecule has 0 amide bonds. The molecule has 0 saturated carbocycles. The van der Waals surface area contributed by atoms with Gasteiger partial charge in [0.2, 0.25) is 0 Å². The SMILES string of the molecule is O=C(c1cc(O)ccc1F)c1c[nH]c2nccc(-c3ccccc3)c12. The fraction of sp³-hybridized carbons (Fsp3) is 0. The minimum atomic E-state index is -0.678. The maximum atomic E-state index is 14.1. The molecule has 25 heavy (non-hydrogen) atoms. The molecule has 2 aromatic carbocycles. The van der Waals surface area contributed by atoms with Gasteiger partial charge in [-0.05, 0) is 35.4 Å². The van der Waals surface area contributed by atoms with Gasteiger partial charge in [-0.1, -0.05) is 30.3 Å². The third kappa shape index (κ3) is 2.55. The smallest absolute Gasteiger partial charge is 0.198 e. The lowest BCUT2D eigenvalue weighted by molar-refractivity contribution is 0.103. The quantitative estimate of drug-likeness (QED) is 0.550. The average molecular weight is 332 g/mol. The number of halogens is 1. The van der Waals surface area contributed by atoms with E-state index in [0.717, 1.165) is 23.3 Å². The van der Waals surface area contributed by atoms with Crippen LogP contribution in [0.25, 0.3) is 22.2 Å². The maximum Gasteiger partial charge on any atom is 0.198 e. The van der Waals surface area contributed by atoms with Crippen LogP contribution in [0.15, 0.2) is 67.0 Å². The van der Waals surface area contributed by atoms with Gasteiger partial charge < -0.3 is 10.1 Å². The number of hydrogen-bond donors (Lipinski definition) is 2. The molecule has 0 radical (unpaired) electrons. The number of aromatic hydroxyl groups is 1. The number of rotatable bonds is 3. The van der Waals surface area contributed by atoms with E-state index in [1.165, 1.54) is 12.3 Å². The van der Waals surface area contributed by atoms with Gasteiger partial charge in [-0.2, -0.15) is 0 Å². The van der Waals surface area contributed by atoms with Crippen molar-refractivity contribution in [2.75, 3.05) is 0 Å². The van der Waals surface area contributed by atoms with Crippen molar-refractivity contribution in [2.24, 2.45) is 0 Å². The Labute approximate surface area is 142 Å². The first-order valence-corrected chi connectivity index (χ1v) is 7.70. The summed E-state index contributed by atoms with van der Waals surface area (Å²) in [6, 6.07) is 14.8. The van der Waals surface area contributed by atoms with Gasteiger partial charge in [0.05, 0.1) is 11.1 Å². The van der Waals surface area contributed by atoms with E-state index in [1.54, 1.807) is 6.20 Å². The average Bonchev–Trinajstić information content (AvgIpc) is 3.08. The first-order chi connectivity index (χ1) is 12.1. The molecule has 0 atom stereocenters. The lowest BCUT2D eigenvalue weighted by Gasteiger charge is -2.07. The molecule has 5 heteroatoms. The van der Waals surface area contributed by atoms with Crippen LogP contribution in [-0.2, 0) is 0 Å². The number of phenolic OH excluding ortho intramolecular Hbond substituents is 1. The Kier molecular flexibility index (Phi) is 3.54. The number of nitrogens with zero attached hydrogens (tertiary/aromatic N) is 1. The van der Waals surface area contributed by atoms with Gasteiger partial charge in [-0.25, -0.2) is 9.37 Å². The van der Waals surface area contributed by atoms with E-state index in [9.17, 15) is 14.3 Å². The number of phenols is 1. The van der Waals surface area contributed by atoms with E-state index >= 15 is 0 Å². The van der Waals surface area contributed by atoms with Gasteiger partial charge in [0.25, 0.3) is 0 Å². The molecule has 0 spiro atoms. The van der Waals surface area contributed by atoms with Crippen molar-refractivity contribution in [3.05, 3.63) is 83.9 Å². The molecular weight excluding hydrogens is 319 g/mol. The van der Waals surface area contributed by atoms with E-state index < -0.39 is 11.6 Å². The molecule has 4 aromatic rings. The van der Waals surface area contributed by atoms with Crippen LogP contribution in [0.5, 0.6) is 5.75 Å². The third-order valence-electron chi connectivity index (χ3n) is 4.10. The first-order valence-electron chi connectivity index (χ1n) is 7.70. The van der Waals surface area contributed by atoms with Crippen LogP contribution in [0, 0.1) is 5.82 Å². The Hall–Kier alpha value is -3.47. The Morgan fingerprint density at radius 1 is 1.04 bits per heavy atom. The predicted molar refractivity (Wildman–Crippen MR) is 93.0 cm³/mol. The second kappa shape index (κ2) is 5.87. The number of carbonyl (C=O) groups is 1. The number of pyridine rings is 1. The Morgan fingerprint density at radius 3 is 2.64 bits per heavy atom. The molecule has 4 nitrogen and oxygen atoms in total. The summed E-state index contributed by atoms with van der Waals surface area (Å²) >= 11 is 0. The number of nitrogens with one attached hydrogen (secondary N) is 1. The molecule has 0 bridgehead atoms. The van der Waals surface area contributed by atoms with E-state index in [4.69, 9.17) is 0 Å². The van der Waals surface area contributed by atoms with Crippen molar-refractivity contribution in [3.63, 3.8) is 0 Å². The standard InChI is InChI=1S/C20H13FN2O2/c21-17-7-6-13(24)10-15(17)19(25)16-11-23-20-18(16)14(8-9-22-20)12-4-2-1-3-5-12/h1-11,24H,(H,22,23). The summed E-state index contributed by atoms with van der Waals surface area (Å²) < 4.78 is 14.1. The molecule has 0 aliphatic heterocycles. The molecule has 0 unspecified atom stereocenters. The maximum absolute atomic E-state index is 14.1. The Balaban J connectivity index is 1.94. The summed E-state index contributed by atoms with van der Waals surface area (Å²) in [5.41, 5.74) is 2.44. The zero-order valence-electron chi connectivity index (χ0n) is 13.0. The largest absolute Gasteiger partial charge is 0.508 e. The van der Waals surface area contributed by atoms with Crippen LogP contribution >= 0.6 is 0 Å². The van der Waals surface area contributed by atoms with Gasteiger partial charge in [0.1, 0.15) is 17.2 Å². The van der Waals surface area contributed by atoms with Crippen molar-refractivity contribution >= 4 is 16.8 Å². The molecule has 0 saturated heterocycles. The van der Waals surface area contributed by atoms with Crippen LogP contribution in [0.1, 0.15) is 15.9 Å². The fourth-order valence-corrected chi connectivity index (χ4v) is 2.93. The highest BCUT2D eigenvalue weighted by Gasteiger charge is 2.21. The lowest BCUT2D eigenvalue weighted by atomic mass is 9.97. The molecule has 2 aromatic heterocycles. The zero-order chi connectivity index (χ0) is 17.4. The first kappa shape index (κ1) is 15.1. The van der Waals surface area contributed by atoms with E-state index in [-0.39, 0.29) is 11.3 Å². The van der Waals surface area contributed by atoms with Crippen molar-refractivity contribution in [1.82, 2.24) is 9.97 Å². The number of benzene rings is 2. The van der Waals surface area contributed by atoms with Gasteiger partial charge in [-0.3, -0.25) is 4.79 Å². The summed E-state index contributed by atoms with van der Waals surface area (Å²) in [7, 11) is 0. The molecule has 2 N–H and O–H groups in total. The Morgan fingerprint density at radius 2 is 1.84 bits per heavy atom. The van der Waals surface area contributed by atoms with E-state index in [0.29, 0.717) is 16.6 Å². The minimum absolute atomic E-state index is 0.161. The molecular formula is C20H13FN2O2. The zero-order valence-corrected chi connectivity index (χ0v) is 13.0. The highest BCUT2D eigenvalue weighted by Crippen LogP contribution is 2.31. The third-order valence-corrected chi connectivity index (χ3v) is 4.10. The Bertz CT molecular complexity index is 1090. The molecule has 0 aliphatic rings. The molecule has 0 aliphatic carbocycles. The molecule has 122 valence electrons. The summed E-state index contributed by atoms with van der Waals surface area (Å²) in [5.74, 6) is -1.35. The highest BCUT2D eigenvalue weighted by atomic mass is 19.1. The van der Waals surface area contributed by atoms with Crippen LogP contribution in [-0.4, -0.2) is 20.9 Å². The van der Waals surface area contributed by atoms with Crippen molar-refractivity contribution in [2.45, 2.75) is 0 Å². The van der Waals surface area contributed by atoms with E-state index in [2.05, 4.69) is 9.97 Å². The normalized spacial score (nSPS) is 10.9. The van der Waals surface area contributed by atoms with Crippen molar-refractivity contribution < 1.29 is 14.3 Å². The van der Waals surface area contributed by atoms with Crippen LogP contribution in [0.3, 0.4) is 0 Å². The highest BCUT2D eigenvalue weighted by molar-refractivity contribution is 6.18. The topological polar surface area (TPSA) is 66.0 Å². The molecule has 2 heterocycles. The summed E-state index contributed by atoms with van der Waals surface area (Å²) in [6.45, 7) is 0. The number of hydrogen-bond acceptors (Lipinski definition) is 3. The number of carbonyl (C=O) groups excluding carboxylic acids is 1. The van der Waals surface area contributed by atoms with Crippen molar-refractivity contribution in [1.29, 1.82) is 0 Å². The number of fused-ring (bicyclic) bond motifs is 1. The monoisotopic (exact) mass is 332 g/mol.